The van der Waals surface area contributed by atoms with Crippen LogP contribution >= 0.6 is 11.8 Å². The molecule has 6 heteroatoms. The third-order valence-electron chi connectivity index (χ3n) is 3.10. The van der Waals surface area contributed by atoms with Crippen LogP contribution in [0.3, 0.4) is 0 Å². The summed E-state index contributed by atoms with van der Waals surface area (Å²) in [7, 11) is -3.52. The molecule has 1 aromatic carbocycles. The van der Waals surface area contributed by atoms with Gasteiger partial charge in [-0.1, -0.05) is 13.0 Å². The van der Waals surface area contributed by atoms with E-state index in [0.29, 0.717) is 16.1 Å². The summed E-state index contributed by atoms with van der Waals surface area (Å²) in [6.45, 7) is 5.51. The Labute approximate surface area is 120 Å². The smallest absolute Gasteiger partial charge is 0.241 e. The fourth-order valence-electron chi connectivity index (χ4n) is 1.97. The van der Waals surface area contributed by atoms with Crippen molar-refractivity contribution < 1.29 is 8.42 Å². The van der Waals surface area contributed by atoms with E-state index in [4.69, 9.17) is 5.73 Å². The van der Waals surface area contributed by atoms with Crippen LogP contribution in [0, 0.1) is 13.8 Å². The molecule has 0 spiro atoms. The second kappa shape index (κ2) is 6.63. The van der Waals surface area contributed by atoms with Crippen molar-refractivity contribution >= 4 is 27.5 Å². The van der Waals surface area contributed by atoms with Gasteiger partial charge in [0, 0.05) is 17.5 Å². The fraction of sp³-hybridized carbons (Fsp3) is 0.538. The molecule has 19 heavy (non-hydrogen) atoms. The van der Waals surface area contributed by atoms with E-state index in [2.05, 4.69) is 4.72 Å². The first-order valence-corrected chi connectivity index (χ1v) is 9.08. The SMILES string of the molecule is CCC(CSC)NS(=O)(=O)c1c(C)ccc(N)c1C. The van der Waals surface area contributed by atoms with Crippen LogP contribution in [0.25, 0.3) is 0 Å². The molecule has 1 aromatic rings. The van der Waals surface area contributed by atoms with Crippen LogP contribution in [0.4, 0.5) is 5.69 Å². The van der Waals surface area contributed by atoms with E-state index in [1.165, 1.54) is 0 Å². The van der Waals surface area contributed by atoms with E-state index in [-0.39, 0.29) is 6.04 Å². The van der Waals surface area contributed by atoms with Gasteiger partial charge in [0.1, 0.15) is 0 Å². The Balaban J connectivity index is 3.17. The van der Waals surface area contributed by atoms with E-state index in [9.17, 15) is 8.42 Å². The number of anilines is 1. The largest absolute Gasteiger partial charge is 0.398 e. The number of aryl methyl sites for hydroxylation is 1. The van der Waals surface area contributed by atoms with Crippen LogP contribution in [0.5, 0.6) is 0 Å². The lowest BCUT2D eigenvalue weighted by molar-refractivity contribution is 0.557. The van der Waals surface area contributed by atoms with Crippen molar-refractivity contribution in [2.24, 2.45) is 0 Å². The van der Waals surface area contributed by atoms with Crippen LogP contribution in [-0.4, -0.2) is 26.5 Å². The van der Waals surface area contributed by atoms with Crippen LogP contribution in [0.1, 0.15) is 24.5 Å². The average molecular weight is 302 g/mol. The first kappa shape index (κ1) is 16.3. The highest BCUT2D eigenvalue weighted by Gasteiger charge is 2.23. The molecule has 0 aliphatic rings. The Bertz CT molecular complexity index is 542. The summed E-state index contributed by atoms with van der Waals surface area (Å²) in [6.07, 6.45) is 2.73. The van der Waals surface area contributed by atoms with Gasteiger partial charge >= 0.3 is 0 Å². The van der Waals surface area contributed by atoms with Gasteiger partial charge in [-0.15, -0.1) is 0 Å². The van der Waals surface area contributed by atoms with Crippen molar-refractivity contribution in [3.05, 3.63) is 23.3 Å². The Morgan fingerprint density at radius 1 is 1.37 bits per heavy atom. The summed E-state index contributed by atoms with van der Waals surface area (Å²) in [6, 6.07) is 3.43. The topological polar surface area (TPSA) is 72.2 Å². The third-order valence-corrected chi connectivity index (χ3v) is 5.64. The fourth-order valence-corrected chi connectivity index (χ4v) is 4.62. The molecule has 0 saturated heterocycles. The second-order valence-corrected chi connectivity index (χ2v) is 7.17. The number of rotatable bonds is 6. The normalized spacial score (nSPS) is 13.5. The molecule has 0 heterocycles. The van der Waals surface area contributed by atoms with E-state index < -0.39 is 10.0 Å². The molecule has 0 aliphatic carbocycles. The number of hydrogen-bond acceptors (Lipinski definition) is 4. The summed E-state index contributed by atoms with van der Waals surface area (Å²) >= 11 is 1.63. The van der Waals surface area contributed by atoms with Crippen LogP contribution < -0.4 is 10.5 Å². The number of thioether (sulfide) groups is 1. The molecule has 3 N–H and O–H groups in total. The molecule has 108 valence electrons. The predicted octanol–water partition coefficient (Wildman–Crippen LogP) is 2.31. The molecule has 0 aromatic heterocycles. The van der Waals surface area contributed by atoms with Gasteiger partial charge in [0.25, 0.3) is 0 Å². The minimum Gasteiger partial charge on any atom is -0.398 e. The number of nitrogens with two attached hydrogens (primary N) is 1. The monoisotopic (exact) mass is 302 g/mol. The quantitative estimate of drug-likeness (QED) is 0.791. The van der Waals surface area contributed by atoms with E-state index in [1.807, 2.05) is 13.2 Å². The maximum atomic E-state index is 12.5. The van der Waals surface area contributed by atoms with Crippen molar-refractivity contribution in [2.75, 3.05) is 17.7 Å². The van der Waals surface area contributed by atoms with Crippen molar-refractivity contribution in [3.8, 4) is 0 Å². The minimum absolute atomic E-state index is 0.0553. The Kier molecular flexibility index (Phi) is 5.70. The zero-order valence-corrected chi connectivity index (χ0v) is 13.5. The van der Waals surface area contributed by atoms with Gasteiger partial charge < -0.3 is 5.73 Å². The maximum Gasteiger partial charge on any atom is 0.241 e. The number of hydrogen-bond donors (Lipinski definition) is 2. The Morgan fingerprint density at radius 2 is 2.00 bits per heavy atom. The van der Waals surface area contributed by atoms with Crippen molar-refractivity contribution in [1.29, 1.82) is 0 Å². The lowest BCUT2D eigenvalue weighted by atomic mass is 10.1. The average Bonchev–Trinajstić information content (AvgIpc) is 2.33. The molecule has 0 saturated carbocycles. The number of nitrogens with one attached hydrogen (secondary N) is 1. The van der Waals surface area contributed by atoms with Gasteiger partial charge in [-0.25, -0.2) is 13.1 Å². The first-order valence-electron chi connectivity index (χ1n) is 6.20. The summed E-state index contributed by atoms with van der Waals surface area (Å²) in [5.74, 6) is 0.760. The summed E-state index contributed by atoms with van der Waals surface area (Å²) < 4.78 is 27.8. The van der Waals surface area contributed by atoms with Crippen LogP contribution in [0.15, 0.2) is 17.0 Å². The predicted molar refractivity (Wildman–Crippen MR) is 83.1 cm³/mol. The molecule has 0 aliphatic heterocycles. The standard InChI is InChI=1S/C13H22N2O2S2/c1-5-11(8-18-4)15-19(16,17)13-9(2)6-7-12(14)10(13)3/h6-7,11,15H,5,8,14H2,1-4H3. The van der Waals surface area contributed by atoms with Gasteiger partial charge in [-0.2, -0.15) is 11.8 Å². The van der Waals surface area contributed by atoms with Gasteiger partial charge in [0.15, 0.2) is 0 Å². The number of sulfonamides is 1. The summed E-state index contributed by atoms with van der Waals surface area (Å²) in [4.78, 5) is 0.312. The van der Waals surface area contributed by atoms with Crippen molar-refractivity contribution in [3.63, 3.8) is 0 Å². The van der Waals surface area contributed by atoms with Gasteiger partial charge in [-0.05, 0) is 43.7 Å². The molecule has 1 rings (SSSR count). The third kappa shape index (κ3) is 3.87. The molecule has 0 bridgehead atoms. The van der Waals surface area contributed by atoms with Crippen molar-refractivity contribution in [2.45, 2.75) is 38.1 Å². The number of benzene rings is 1. The zero-order valence-electron chi connectivity index (χ0n) is 11.9. The lowest BCUT2D eigenvalue weighted by Gasteiger charge is -2.19. The molecule has 1 unspecified atom stereocenters. The van der Waals surface area contributed by atoms with Crippen LogP contribution in [-0.2, 0) is 10.0 Å². The number of nitrogen functional groups attached to an aromatic ring is 1. The highest BCUT2D eigenvalue weighted by molar-refractivity contribution is 7.98. The van der Waals surface area contributed by atoms with Crippen LogP contribution in [0.2, 0.25) is 0 Å². The summed E-state index contributed by atoms with van der Waals surface area (Å²) in [5.41, 5.74) is 7.65. The highest BCUT2D eigenvalue weighted by atomic mass is 32.2. The zero-order chi connectivity index (χ0) is 14.6. The molecule has 4 nitrogen and oxygen atoms in total. The second-order valence-electron chi connectivity index (χ2n) is 4.61. The Hall–Kier alpha value is -0.720. The molecule has 0 radical (unpaired) electrons. The van der Waals surface area contributed by atoms with Gasteiger partial charge in [0.2, 0.25) is 10.0 Å². The van der Waals surface area contributed by atoms with Gasteiger partial charge in [-0.3, -0.25) is 0 Å². The molecule has 0 fully saturated rings. The summed E-state index contributed by atoms with van der Waals surface area (Å²) in [5, 5.41) is 0. The van der Waals surface area contributed by atoms with E-state index in [1.54, 1.807) is 37.7 Å². The molecule has 1 atom stereocenters. The molecular formula is C13H22N2O2S2. The highest BCUT2D eigenvalue weighted by Crippen LogP contribution is 2.25. The van der Waals surface area contributed by atoms with E-state index >= 15 is 0 Å². The molecule has 0 amide bonds. The minimum atomic E-state index is -3.52. The molecular weight excluding hydrogens is 280 g/mol. The first-order chi connectivity index (χ1) is 8.83. The maximum absolute atomic E-state index is 12.5. The Morgan fingerprint density at radius 3 is 2.53 bits per heavy atom. The van der Waals surface area contributed by atoms with Crippen molar-refractivity contribution in [1.82, 2.24) is 4.72 Å². The van der Waals surface area contributed by atoms with E-state index in [0.717, 1.165) is 17.7 Å². The lowest BCUT2D eigenvalue weighted by Crippen LogP contribution is -2.36. The van der Waals surface area contributed by atoms with Gasteiger partial charge in [0.05, 0.1) is 4.90 Å².